The van der Waals surface area contributed by atoms with E-state index in [2.05, 4.69) is 5.32 Å². The van der Waals surface area contributed by atoms with Crippen molar-refractivity contribution in [3.8, 4) is 0 Å². The van der Waals surface area contributed by atoms with Crippen LogP contribution in [0.4, 0.5) is 4.79 Å². The van der Waals surface area contributed by atoms with Crippen LogP contribution >= 0.6 is 12.4 Å². The first kappa shape index (κ1) is 16.0. The Morgan fingerprint density at radius 3 is 2.37 bits per heavy atom. The zero-order valence-electron chi connectivity index (χ0n) is 11.2. The lowest BCUT2D eigenvalue weighted by Gasteiger charge is -2.39. The highest BCUT2D eigenvalue weighted by atomic mass is 35.5. The SMILES string of the molecule is C[C@@H]1CNCCN1C(=O)N1CCC(C(=O)O)CC1.Cl. The molecule has 2 rings (SSSR count). The Kier molecular flexibility index (Phi) is 5.87. The topological polar surface area (TPSA) is 72.9 Å². The lowest BCUT2D eigenvalue weighted by atomic mass is 9.97. The number of hydrogen-bond donors (Lipinski definition) is 2. The summed E-state index contributed by atoms with van der Waals surface area (Å²) in [6.07, 6.45) is 1.14. The van der Waals surface area contributed by atoms with Crippen LogP contribution in [-0.4, -0.2) is 65.7 Å². The van der Waals surface area contributed by atoms with Crippen LogP contribution in [0.1, 0.15) is 19.8 Å². The Labute approximate surface area is 119 Å². The van der Waals surface area contributed by atoms with Gasteiger partial charge in [0.05, 0.1) is 5.92 Å². The molecule has 6 nitrogen and oxygen atoms in total. The fourth-order valence-electron chi connectivity index (χ4n) is 2.62. The lowest BCUT2D eigenvalue weighted by Crippen LogP contribution is -2.57. The molecule has 0 radical (unpaired) electrons. The Balaban J connectivity index is 0.00000180. The van der Waals surface area contributed by atoms with Crippen LogP contribution in [0.15, 0.2) is 0 Å². The van der Waals surface area contributed by atoms with E-state index in [-0.39, 0.29) is 30.4 Å². The van der Waals surface area contributed by atoms with Crippen molar-refractivity contribution in [1.29, 1.82) is 0 Å². The Bertz CT molecular complexity index is 332. The summed E-state index contributed by atoms with van der Waals surface area (Å²) in [5.74, 6) is -1.02. The van der Waals surface area contributed by atoms with Crippen molar-refractivity contribution < 1.29 is 14.7 Å². The minimum atomic E-state index is -0.738. The number of carboxylic acids is 1. The van der Waals surface area contributed by atoms with Crippen molar-refractivity contribution in [3.05, 3.63) is 0 Å². The molecule has 1 atom stereocenters. The molecule has 2 saturated heterocycles. The molecule has 0 spiro atoms. The van der Waals surface area contributed by atoms with Crippen LogP contribution in [0.5, 0.6) is 0 Å². The molecule has 2 heterocycles. The van der Waals surface area contributed by atoms with E-state index in [9.17, 15) is 9.59 Å². The van der Waals surface area contributed by atoms with Crippen LogP contribution in [0.2, 0.25) is 0 Å². The zero-order chi connectivity index (χ0) is 13.1. The summed E-state index contributed by atoms with van der Waals surface area (Å²) in [6, 6.07) is 0.274. The molecule has 2 amide bonds. The van der Waals surface area contributed by atoms with E-state index in [4.69, 9.17) is 5.11 Å². The predicted molar refractivity (Wildman–Crippen MR) is 73.6 cm³/mol. The number of likely N-dealkylation sites (tertiary alicyclic amines) is 1. The average molecular weight is 292 g/mol. The zero-order valence-corrected chi connectivity index (χ0v) is 12.0. The molecule has 0 unspecified atom stereocenters. The van der Waals surface area contributed by atoms with Crippen molar-refractivity contribution in [2.24, 2.45) is 5.92 Å². The number of rotatable bonds is 1. The number of piperazine rings is 1. The average Bonchev–Trinajstić information content (AvgIpc) is 2.38. The molecule has 0 saturated carbocycles. The summed E-state index contributed by atoms with van der Waals surface area (Å²) >= 11 is 0. The molecule has 0 aliphatic carbocycles. The largest absolute Gasteiger partial charge is 0.481 e. The van der Waals surface area contributed by atoms with Crippen molar-refractivity contribution in [3.63, 3.8) is 0 Å². The standard InChI is InChI=1S/C12H21N3O3.ClH/c1-9-8-13-4-7-15(9)12(18)14-5-2-10(3-6-14)11(16)17;/h9-10,13H,2-8H2,1H3,(H,16,17);1H/t9-;/m1./s1. The molecule has 0 aromatic heterocycles. The molecule has 2 N–H and O–H groups in total. The highest BCUT2D eigenvalue weighted by Gasteiger charge is 2.31. The summed E-state index contributed by atoms with van der Waals surface area (Å²) in [7, 11) is 0. The molecule has 7 heteroatoms. The van der Waals surface area contributed by atoms with Gasteiger partial charge in [-0.25, -0.2) is 4.79 Å². The van der Waals surface area contributed by atoms with E-state index in [1.807, 2.05) is 11.8 Å². The number of carbonyl (C=O) groups is 2. The summed E-state index contributed by atoms with van der Waals surface area (Å²) in [5.41, 5.74) is 0. The lowest BCUT2D eigenvalue weighted by molar-refractivity contribution is -0.143. The molecule has 2 aliphatic heterocycles. The fraction of sp³-hybridized carbons (Fsp3) is 0.833. The van der Waals surface area contributed by atoms with Gasteiger partial charge in [0, 0.05) is 38.8 Å². The quantitative estimate of drug-likeness (QED) is 0.743. The number of piperidine rings is 1. The maximum atomic E-state index is 12.3. The number of carboxylic acid groups (broad SMARTS) is 1. The molecule has 2 fully saturated rings. The van der Waals surface area contributed by atoms with E-state index >= 15 is 0 Å². The molecule has 0 aromatic carbocycles. The van der Waals surface area contributed by atoms with Crippen molar-refractivity contribution >= 4 is 24.4 Å². The summed E-state index contributed by atoms with van der Waals surface area (Å²) in [5, 5.41) is 12.2. The number of nitrogens with one attached hydrogen (secondary N) is 1. The summed E-state index contributed by atoms with van der Waals surface area (Å²) < 4.78 is 0. The number of hydrogen-bond acceptors (Lipinski definition) is 3. The van der Waals surface area contributed by atoms with Gasteiger partial charge in [0.2, 0.25) is 0 Å². The van der Waals surface area contributed by atoms with Gasteiger partial charge in [-0.3, -0.25) is 4.79 Å². The molecular weight excluding hydrogens is 270 g/mol. The second-order valence-electron chi connectivity index (χ2n) is 5.13. The van der Waals surface area contributed by atoms with Gasteiger partial charge in [-0.15, -0.1) is 12.4 Å². The second kappa shape index (κ2) is 6.96. The van der Waals surface area contributed by atoms with Gasteiger partial charge < -0.3 is 20.2 Å². The molecule has 19 heavy (non-hydrogen) atoms. The van der Waals surface area contributed by atoms with Gasteiger partial charge >= 0.3 is 12.0 Å². The van der Waals surface area contributed by atoms with Gasteiger partial charge in [-0.05, 0) is 19.8 Å². The Morgan fingerprint density at radius 2 is 1.84 bits per heavy atom. The van der Waals surface area contributed by atoms with Gasteiger partial charge in [-0.1, -0.05) is 0 Å². The highest BCUT2D eigenvalue weighted by molar-refractivity contribution is 5.85. The number of halogens is 1. The fourth-order valence-corrected chi connectivity index (χ4v) is 2.62. The Morgan fingerprint density at radius 1 is 1.21 bits per heavy atom. The van der Waals surface area contributed by atoms with Crippen LogP contribution in [0.25, 0.3) is 0 Å². The van der Waals surface area contributed by atoms with Gasteiger partial charge in [0.25, 0.3) is 0 Å². The molecule has 2 aliphatic rings. The highest BCUT2D eigenvalue weighted by Crippen LogP contribution is 2.19. The third-order valence-corrected chi connectivity index (χ3v) is 3.86. The summed E-state index contributed by atoms with van der Waals surface area (Å²) in [6.45, 7) is 5.56. The smallest absolute Gasteiger partial charge is 0.320 e. The van der Waals surface area contributed by atoms with Gasteiger partial charge in [0.15, 0.2) is 0 Å². The number of urea groups is 1. The third kappa shape index (κ3) is 3.73. The first-order chi connectivity index (χ1) is 8.59. The van der Waals surface area contributed by atoms with Crippen molar-refractivity contribution in [1.82, 2.24) is 15.1 Å². The minimum absolute atomic E-state index is 0. The van der Waals surface area contributed by atoms with Crippen LogP contribution < -0.4 is 5.32 Å². The first-order valence-corrected chi connectivity index (χ1v) is 6.58. The number of nitrogens with zero attached hydrogens (tertiary/aromatic N) is 2. The van der Waals surface area contributed by atoms with Crippen LogP contribution in [0, 0.1) is 5.92 Å². The maximum absolute atomic E-state index is 12.3. The second-order valence-corrected chi connectivity index (χ2v) is 5.13. The number of carbonyl (C=O) groups excluding carboxylic acids is 1. The minimum Gasteiger partial charge on any atom is -0.481 e. The van der Waals surface area contributed by atoms with E-state index in [0.29, 0.717) is 25.9 Å². The van der Waals surface area contributed by atoms with E-state index in [1.54, 1.807) is 4.90 Å². The van der Waals surface area contributed by atoms with E-state index in [1.165, 1.54) is 0 Å². The van der Waals surface area contributed by atoms with Crippen molar-refractivity contribution in [2.45, 2.75) is 25.8 Å². The molecule has 0 aromatic rings. The Hall–Kier alpha value is -1.01. The van der Waals surface area contributed by atoms with Crippen LogP contribution in [0.3, 0.4) is 0 Å². The van der Waals surface area contributed by atoms with Gasteiger partial charge in [-0.2, -0.15) is 0 Å². The first-order valence-electron chi connectivity index (χ1n) is 6.58. The van der Waals surface area contributed by atoms with E-state index < -0.39 is 5.97 Å². The molecular formula is C12H22ClN3O3. The third-order valence-electron chi connectivity index (χ3n) is 3.86. The normalized spacial score (nSPS) is 24.8. The van der Waals surface area contributed by atoms with Crippen LogP contribution in [-0.2, 0) is 4.79 Å². The summed E-state index contributed by atoms with van der Waals surface area (Å²) in [4.78, 5) is 26.9. The molecule has 0 bridgehead atoms. The number of aliphatic carboxylic acids is 1. The maximum Gasteiger partial charge on any atom is 0.320 e. The predicted octanol–water partition coefficient (Wildman–Crippen LogP) is 0.618. The molecule has 110 valence electrons. The van der Waals surface area contributed by atoms with Crippen molar-refractivity contribution in [2.75, 3.05) is 32.7 Å². The van der Waals surface area contributed by atoms with Gasteiger partial charge in [0.1, 0.15) is 0 Å². The monoisotopic (exact) mass is 291 g/mol. The number of amides is 2. The van der Waals surface area contributed by atoms with E-state index in [0.717, 1.165) is 19.6 Å².